The van der Waals surface area contributed by atoms with Crippen molar-refractivity contribution in [2.45, 2.75) is 19.3 Å². The molecule has 0 aliphatic heterocycles. The third kappa shape index (κ3) is 4.68. The van der Waals surface area contributed by atoms with Crippen molar-refractivity contribution in [1.29, 1.82) is 0 Å². The van der Waals surface area contributed by atoms with Crippen molar-refractivity contribution in [1.82, 2.24) is 4.98 Å². The quantitative estimate of drug-likeness (QED) is 0.371. The van der Waals surface area contributed by atoms with Crippen molar-refractivity contribution in [3.05, 3.63) is 95.1 Å². The number of benzene rings is 2. The molecule has 0 fully saturated rings. The summed E-state index contributed by atoms with van der Waals surface area (Å²) in [6.07, 6.45) is 5.75. The van der Waals surface area contributed by atoms with E-state index in [-0.39, 0.29) is 5.69 Å². The Balaban J connectivity index is 1.43. The molecular formula is C27H20F2N2O4. The first kappa shape index (κ1) is 22.5. The van der Waals surface area contributed by atoms with E-state index in [1.807, 2.05) is 30.3 Å². The van der Waals surface area contributed by atoms with Crippen LogP contribution in [0.2, 0.25) is 0 Å². The normalized spacial score (nSPS) is 14.1. The van der Waals surface area contributed by atoms with E-state index in [4.69, 9.17) is 14.1 Å². The summed E-state index contributed by atoms with van der Waals surface area (Å²) in [5, 5.41) is 3.03. The first-order valence-electron chi connectivity index (χ1n) is 11.1. The van der Waals surface area contributed by atoms with E-state index >= 15 is 0 Å². The second-order valence-electron chi connectivity index (χ2n) is 8.12. The summed E-state index contributed by atoms with van der Waals surface area (Å²) in [6.45, 7) is -0.585. The molecule has 0 bridgehead atoms. The lowest BCUT2D eigenvalue weighted by atomic mass is 9.86. The maximum absolute atomic E-state index is 13.4. The van der Waals surface area contributed by atoms with Crippen LogP contribution in [0.3, 0.4) is 0 Å². The molecule has 1 aliphatic carbocycles. The Bertz CT molecular complexity index is 1460. The molecule has 2 aromatic heterocycles. The lowest BCUT2D eigenvalue weighted by Gasteiger charge is -2.22. The highest BCUT2D eigenvalue weighted by molar-refractivity contribution is 6.07. The molecule has 4 aromatic rings. The lowest BCUT2D eigenvalue weighted by molar-refractivity contribution is -0.119. The fraction of sp³-hybridized carbons (Fsp3) is 0.148. The van der Waals surface area contributed by atoms with E-state index in [0.29, 0.717) is 34.3 Å². The molecule has 176 valence electrons. The van der Waals surface area contributed by atoms with Gasteiger partial charge in [-0.05, 0) is 66.8 Å². The van der Waals surface area contributed by atoms with Crippen LogP contribution >= 0.6 is 0 Å². The summed E-state index contributed by atoms with van der Waals surface area (Å²) in [4.78, 5) is 30.3. The number of fused-ring (bicyclic) bond motifs is 2. The molecule has 1 amide bonds. The van der Waals surface area contributed by atoms with Crippen LogP contribution in [0.4, 0.5) is 14.5 Å². The summed E-state index contributed by atoms with van der Waals surface area (Å²) in [5.41, 5.74) is 3.50. The van der Waals surface area contributed by atoms with Gasteiger partial charge in [0.05, 0.1) is 23.0 Å². The second kappa shape index (κ2) is 9.50. The van der Waals surface area contributed by atoms with Gasteiger partial charge in [0.25, 0.3) is 5.91 Å². The zero-order valence-corrected chi connectivity index (χ0v) is 18.5. The minimum atomic E-state index is -1.09. The molecule has 0 unspecified atom stereocenters. The molecule has 5 rings (SSSR count). The number of hydrogen-bond acceptors (Lipinski definition) is 5. The number of furan rings is 1. The van der Waals surface area contributed by atoms with Crippen LogP contribution in [0.25, 0.3) is 22.6 Å². The highest BCUT2D eigenvalue weighted by atomic mass is 19.2. The average molecular weight is 474 g/mol. The van der Waals surface area contributed by atoms with Crippen molar-refractivity contribution in [3.8, 4) is 0 Å². The maximum atomic E-state index is 13.4. The minimum absolute atomic E-state index is 0.0596. The number of rotatable bonds is 5. The van der Waals surface area contributed by atoms with Crippen LogP contribution in [0, 0.1) is 11.6 Å². The smallest absolute Gasteiger partial charge is 0.339 e. The first-order valence-corrected chi connectivity index (χ1v) is 11.1. The van der Waals surface area contributed by atoms with Crippen LogP contribution in [0.1, 0.15) is 40.2 Å². The average Bonchev–Trinajstić information content (AvgIpc) is 3.37. The predicted octanol–water partition coefficient (Wildman–Crippen LogP) is 5.78. The van der Waals surface area contributed by atoms with Gasteiger partial charge >= 0.3 is 5.97 Å². The van der Waals surface area contributed by atoms with Gasteiger partial charge in [-0.3, -0.25) is 4.79 Å². The van der Waals surface area contributed by atoms with Crippen LogP contribution in [-0.2, 0) is 16.0 Å². The van der Waals surface area contributed by atoms with Gasteiger partial charge in [-0.2, -0.15) is 0 Å². The van der Waals surface area contributed by atoms with Gasteiger partial charge in [-0.15, -0.1) is 0 Å². The maximum Gasteiger partial charge on any atom is 0.339 e. The summed E-state index contributed by atoms with van der Waals surface area (Å²) in [6, 6.07) is 13.9. The Morgan fingerprint density at radius 2 is 1.91 bits per heavy atom. The number of carbonyl (C=O) groups excluding carboxylic acids is 2. The number of carbonyl (C=O) groups is 2. The number of aromatic nitrogens is 1. The van der Waals surface area contributed by atoms with E-state index < -0.39 is 30.1 Å². The van der Waals surface area contributed by atoms with Crippen molar-refractivity contribution < 1.29 is 27.5 Å². The summed E-state index contributed by atoms with van der Waals surface area (Å²) in [5.74, 6) is -2.74. The van der Waals surface area contributed by atoms with Crippen molar-refractivity contribution in [3.63, 3.8) is 0 Å². The van der Waals surface area contributed by atoms with Gasteiger partial charge < -0.3 is 14.5 Å². The Morgan fingerprint density at radius 1 is 1.06 bits per heavy atom. The lowest BCUT2D eigenvalue weighted by Crippen LogP contribution is -2.22. The van der Waals surface area contributed by atoms with Crippen LogP contribution in [0.5, 0.6) is 0 Å². The molecule has 0 spiro atoms. The molecule has 0 saturated carbocycles. The molecule has 0 radical (unpaired) electrons. The molecule has 0 atom stereocenters. The third-order valence-electron chi connectivity index (χ3n) is 5.77. The molecule has 2 aromatic carbocycles. The monoisotopic (exact) mass is 474 g/mol. The molecule has 8 heteroatoms. The van der Waals surface area contributed by atoms with E-state index in [2.05, 4.69) is 5.32 Å². The number of hydrogen-bond donors (Lipinski definition) is 1. The number of para-hydroxylation sites is 1. The Kier molecular flexibility index (Phi) is 6.10. The van der Waals surface area contributed by atoms with Crippen molar-refractivity contribution >= 4 is 40.1 Å². The van der Waals surface area contributed by atoms with Crippen molar-refractivity contribution in [2.24, 2.45) is 0 Å². The molecule has 1 N–H and O–H groups in total. The van der Waals surface area contributed by atoms with Crippen LogP contribution in [-0.4, -0.2) is 23.5 Å². The SMILES string of the molecule is O=C(COC(=O)c1c2c(nc3ccccc13)/C(=C/c1ccco1)CCC2)Nc1ccc(F)c(F)c1. The number of nitrogens with zero attached hydrogens (tertiary/aromatic N) is 1. The highest BCUT2D eigenvalue weighted by Crippen LogP contribution is 2.36. The van der Waals surface area contributed by atoms with Gasteiger partial charge in [0, 0.05) is 17.1 Å². The standard InChI is InChI=1S/C27H20F2N2O4/c28-21-11-10-17(14-22(21)29)30-24(32)15-35-27(33)25-19-7-1-2-9-23(19)31-26-16(5-3-8-20(25)26)13-18-6-4-12-34-18/h1-2,4,6-7,9-14H,3,5,8,15H2,(H,30,32)/b16-13+. The number of pyridine rings is 1. The largest absolute Gasteiger partial charge is 0.465 e. The fourth-order valence-electron chi connectivity index (χ4n) is 4.23. The second-order valence-corrected chi connectivity index (χ2v) is 8.12. The number of esters is 1. The van der Waals surface area contributed by atoms with Gasteiger partial charge in [-0.25, -0.2) is 18.6 Å². The third-order valence-corrected chi connectivity index (χ3v) is 5.77. The van der Waals surface area contributed by atoms with Crippen LogP contribution in [0.15, 0.2) is 65.3 Å². The Morgan fingerprint density at radius 3 is 2.71 bits per heavy atom. The molecular weight excluding hydrogens is 454 g/mol. The van der Waals surface area contributed by atoms with Gasteiger partial charge in [0.15, 0.2) is 18.2 Å². The van der Waals surface area contributed by atoms with E-state index in [9.17, 15) is 18.4 Å². The number of allylic oxidation sites excluding steroid dienone is 1. The first-order chi connectivity index (χ1) is 17.0. The molecule has 1 aliphatic rings. The van der Waals surface area contributed by atoms with Crippen molar-refractivity contribution in [2.75, 3.05) is 11.9 Å². The molecule has 35 heavy (non-hydrogen) atoms. The van der Waals surface area contributed by atoms with Gasteiger partial charge in [0.1, 0.15) is 5.76 Å². The number of nitrogens with one attached hydrogen (secondary N) is 1. The number of ether oxygens (including phenoxy) is 1. The summed E-state index contributed by atoms with van der Waals surface area (Å²) < 4.78 is 37.3. The molecule has 6 nitrogen and oxygen atoms in total. The molecule has 2 heterocycles. The molecule has 0 saturated heterocycles. The zero-order valence-electron chi connectivity index (χ0n) is 18.5. The van der Waals surface area contributed by atoms with E-state index in [1.54, 1.807) is 18.4 Å². The predicted molar refractivity (Wildman–Crippen MR) is 127 cm³/mol. The number of anilines is 1. The number of amides is 1. The van der Waals surface area contributed by atoms with Gasteiger partial charge in [0.2, 0.25) is 0 Å². The van der Waals surface area contributed by atoms with E-state index in [1.165, 1.54) is 6.07 Å². The van der Waals surface area contributed by atoms with E-state index in [0.717, 1.165) is 36.1 Å². The minimum Gasteiger partial charge on any atom is -0.465 e. The topological polar surface area (TPSA) is 81.4 Å². The summed E-state index contributed by atoms with van der Waals surface area (Å²) >= 11 is 0. The van der Waals surface area contributed by atoms with Crippen LogP contribution < -0.4 is 5.32 Å². The zero-order chi connectivity index (χ0) is 24.4. The fourth-order valence-corrected chi connectivity index (χ4v) is 4.23. The van der Waals surface area contributed by atoms with Gasteiger partial charge in [-0.1, -0.05) is 18.2 Å². The Hall–Kier alpha value is -4.33. The number of halogens is 2. The Labute approximate surface area is 199 Å². The summed E-state index contributed by atoms with van der Waals surface area (Å²) in [7, 11) is 0. The highest BCUT2D eigenvalue weighted by Gasteiger charge is 2.26.